The monoisotopic (exact) mass is 228 g/mol. The molecule has 0 atom stereocenters. The Morgan fingerprint density at radius 1 is 0.857 bits per heavy atom. The van der Waals surface area contributed by atoms with Crippen LogP contribution in [0.5, 0.6) is 0 Å². The van der Waals surface area contributed by atoms with Crippen molar-refractivity contribution in [2.75, 3.05) is 25.0 Å². The van der Waals surface area contributed by atoms with E-state index >= 15 is 0 Å². The van der Waals surface area contributed by atoms with Crippen molar-refractivity contribution in [3.63, 3.8) is 0 Å². The third kappa shape index (κ3) is 4.43. The van der Waals surface area contributed by atoms with Gasteiger partial charge in [0, 0.05) is 11.1 Å². The molecule has 0 aliphatic carbocycles. The maximum absolute atomic E-state index is 2.38. The van der Waals surface area contributed by atoms with Crippen molar-refractivity contribution in [1.29, 1.82) is 0 Å². The fourth-order valence-corrected chi connectivity index (χ4v) is 3.17. The summed E-state index contributed by atoms with van der Waals surface area (Å²) in [6.45, 7) is 0. The molecule has 0 fully saturated rings. The molecule has 0 aliphatic rings. The Bertz CT molecular complexity index is 254. The first kappa shape index (κ1) is 12.0. The van der Waals surface area contributed by atoms with Crippen molar-refractivity contribution >= 4 is 21.8 Å². The molecule has 0 bridgehead atoms. The lowest BCUT2D eigenvalue weighted by Gasteiger charge is -2.02. The van der Waals surface area contributed by atoms with E-state index in [1.54, 1.807) is 0 Å². The third-order valence-electron chi connectivity index (χ3n) is 1.90. The van der Waals surface area contributed by atoms with E-state index in [2.05, 4.69) is 49.3 Å². The zero-order valence-corrected chi connectivity index (χ0v) is 11.2. The summed E-state index contributed by atoms with van der Waals surface area (Å²) in [5.74, 6) is 2.46. The first-order chi connectivity index (χ1) is 6.58. The van der Waals surface area contributed by atoms with Gasteiger partial charge in [0.25, 0.3) is 0 Å². The van der Waals surface area contributed by atoms with Crippen molar-refractivity contribution in [3.8, 4) is 0 Å². The maximum atomic E-state index is 2.38. The van der Waals surface area contributed by atoms with Crippen LogP contribution in [0.2, 0.25) is 0 Å². The van der Waals surface area contributed by atoms with Gasteiger partial charge in [-0.1, -0.05) is 18.2 Å². The largest absolute Gasteiger partial charge is 0.132 e. The van der Waals surface area contributed by atoms with Gasteiger partial charge in [-0.15, -0.1) is 0 Å². The number of hydrogen-bond acceptors (Lipinski definition) is 0. The first-order valence-corrected chi connectivity index (χ1v) is 9.16. The highest BCUT2D eigenvalue weighted by Gasteiger charge is 2.08. The molecule has 0 aliphatic heterocycles. The van der Waals surface area contributed by atoms with Gasteiger partial charge in [-0.25, -0.2) is 0 Å². The van der Waals surface area contributed by atoms with Crippen molar-refractivity contribution in [2.24, 2.45) is 0 Å². The molecule has 2 heteroatoms. The summed E-state index contributed by atoms with van der Waals surface area (Å²) in [5.41, 5.74) is 3.00. The van der Waals surface area contributed by atoms with Crippen molar-refractivity contribution in [1.82, 2.24) is 0 Å². The van der Waals surface area contributed by atoms with Crippen LogP contribution in [0.4, 0.5) is 0 Å². The van der Waals surface area contributed by atoms with Crippen molar-refractivity contribution in [3.05, 3.63) is 35.4 Å². The minimum absolute atomic E-state index is 0.515. The fraction of sp³-hybridized carbons (Fsp3) is 0.500. The van der Waals surface area contributed by atoms with Crippen LogP contribution >= 0.6 is 0 Å². The molecule has 0 radical (unpaired) electrons. The van der Waals surface area contributed by atoms with Crippen LogP contribution in [-0.2, 0) is 33.3 Å². The van der Waals surface area contributed by atoms with Gasteiger partial charge in [0.05, 0.1) is 25.0 Å². The van der Waals surface area contributed by atoms with Crippen LogP contribution in [0.3, 0.4) is 0 Å². The molecule has 0 amide bonds. The van der Waals surface area contributed by atoms with E-state index in [-0.39, 0.29) is 0 Å². The van der Waals surface area contributed by atoms with Crippen LogP contribution in [-0.4, -0.2) is 25.0 Å². The molecule has 1 aromatic rings. The maximum Gasteiger partial charge on any atom is 0.132 e. The fourth-order valence-electron chi connectivity index (χ4n) is 1.48. The summed E-state index contributed by atoms with van der Waals surface area (Å²) >= 11 is 0. The molecule has 0 spiro atoms. The molecule has 0 nitrogen and oxygen atoms in total. The van der Waals surface area contributed by atoms with Crippen LogP contribution in [0.15, 0.2) is 24.3 Å². The Labute approximate surface area is 93.8 Å². The Hall–Kier alpha value is -0.0800. The molecule has 0 heterocycles. The van der Waals surface area contributed by atoms with E-state index in [0.29, 0.717) is 21.8 Å². The Kier molecular flexibility index (Phi) is 4.90. The summed E-state index contributed by atoms with van der Waals surface area (Å²) in [5, 5.41) is 0. The smallest absolute Gasteiger partial charge is 0.0614 e. The van der Waals surface area contributed by atoms with E-state index in [1.807, 2.05) is 0 Å². The molecule has 0 saturated heterocycles. The van der Waals surface area contributed by atoms with Gasteiger partial charge in [0.1, 0.15) is 11.5 Å². The predicted molar refractivity (Wildman–Crippen MR) is 72.3 cm³/mol. The van der Waals surface area contributed by atoms with Gasteiger partial charge >= 0.3 is 0 Å². The topological polar surface area (TPSA) is 0 Å². The number of hydrogen-bond donors (Lipinski definition) is 0. The average molecular weight is 228 g/mol. The molecule has 78 valence electrons. The molecule has 1 rings (SSSR count). The highest BCUT2D eigenvalue weighted by atomic mass is 32.2. The van der Waals surface area contributed by atoms with Crippen LogP contribution in [0.25, 0.3) is 0 Å². The molecular formula is C12H20S2+2. The second-order valence-corrected chi connectivity index (χ2v) is 8.60. The van der Waals surface area contributed by atoms with Crippen molar-refractivity contribution < 1.29 is 0 Å². The summed E-state index contributed by atoms with van der Waals surface area (Å²) < 4.78 is 0. The summed E-state index contributed by atoms with van der Waals surface area (Å²) in [6.07, 6.45) is 9.21. The SMILES string of the molecule is C[S+](C)Cc1cccc(C[S+](C)C)c1. The van der Waals surface area contributed by atoms with Gasteiger partial charge in [0.2, 0.25) is 0 Å². The molecule has 0 saturated carbocycles. The lowest BCUT2D eigenvalue weighted by Crippen LogP contribution is -2.02. The second-order valence-electron chi connectivity index (χ2n) is 4.08. The quantitative estimate of drug-likeness (QED) is 0.695. The standard InChI is InChI=1S/C12H20S2/c1-13(2)9-11-6-5-7-12(8-11)10-14(3)4/h5-8H,9-10H2,1-4H3/q+2. The predicted octanol–water partition coefficient (Wildman–Crippen LogP) is 2.44. The van der Waals surface area contributed by atoms with Gasteiger partial charge in [-0.3, -0.25) is 0 Å². The van der Waals surface area contributed by atoms with E-state index in [4.69, 9.17) is 0 Å². The number of rotatable bonds is 4. The minimum Gasteiger partial charge on any atom is -0.0614 e. The van der Waals surface area contributed by atoms with Gasteiger partial charge in [-0.2, -0.15) is 0 Å². The zero-order chi connectivity index (χ0) is 10.6. The zero-order valence-electron chi connectivity index (χ0n) is 9.54. The lowest BCUT2D eigenvalue weighted by molar-refractivity contribution is 1.32. The third-order valence-corrected chi connectivity index (χ3v) is 3.72. The Balaban J connectivity index is 2.68. The lowest BCUT2D eigenvalue weighted by atomic mass is 10.2. The Morgan fingerprint density at radius 2 is 1.29 bits per heavy atom. The van der Waals surface area contributed by atoms with E-state index < -0.39 is 0 Å². The molecular weight excluding hydrogens is 208 g/mol. The van der Waals surface area contributed by atoms with E-state index in [1.165, 1.54) is 22.6 Å². The van der Waals surface area contributed by atoms with E-state index in [0.717, 1.165) is 0 Å². The second kappa shape index (κ2) is 5.72. The summed E-state index contributed by atoms with van der Waals surface area (Å²) in [7, 11) is 1.03. The summed E-state index contributed by atoms with van der Waals surface area (Å²) in [6, 6.07) is 9.07. The van der Waals surface area contributed by atoms with Gasteiger partial charge in [0.15, 0.2) is 0 Å². The van der Waals surface area contributed by atoms with Crippen LogP contribution in [0.1, 0.15) is 11.1 Å². The first-order valence-electron chi connectivity index (χ1n) is 4.74. The normalized spacial score (nSPS) is 11.3. The van der Waals surface area contributed by atoms with Gasteiger partial charge in [-0.05, 0) is 27.9 Å². The van der Waals surface area contributed by atoms with Crippen LogP contribution in [0, 0.1) is 0 Å². The van der Waals surface area contributed by atoms with E-state index in [9.17, 15) is 0 Å². The highest BCUT2D eigenvalue weighted by molar-refractivity contribution is 7.95. The minimum atomic E-state index is 0.515. The molecule has 1 aromatic carbocycles. The summed E-state index contributed by atoms with van der Waals surface area (Å²) in [4.78, 5) is 0. The van der Waals surface area contributed by atoms with Crippen molar-refractivity contribution in [2.45, 2.75) is 11.5 Å². The molecule has 0 aromatic heterocycles. The molecule has 14 heavy (non-hydrogen) atoms. The Morgan fingerprint density at radius 3 is 1.64 bits per heavy atom. The number of benzene rings is 1. The highest BCUT2D eigenvalue weighted by Crippen LogP contribution is 2.11. The van der Waals surface area contributed by atoms with Gasteiger partial charge < -0.3 is 0 Å². The average Bonchev–Trinajstić information content (AvgIpc) is 2.01. The molecule has 0 N–H and O–H groups in total. The van der Waals surface area contributed by atoms with Crippen LogP contribution < -0.4 is 0 Å². The molecule has 0 unspecified atom stereocenters.